The van der Waals surface area contributed by atoms with E-state index in [0.29, 0.717) is 17.8 Å². The number of hydrogen-bond acceptors (Lipinski definition) is 5. The Morgan fingerprint density at radius 1 is 1.16 bits per heavy atom. The highest BCUT2D eigenvalue weighted by Crippen LogP contribution is 2.56. The fourth-order valence-corrected chi connectivity index (χ4v) is 4.88. The third kappa shape index (κ3) is 5.80. The van der Waals surface area contributed by atoms with Gasteiger partial charge < -0.3 is 13.8 Å². The van der Waals surface area contributed by atoms with Crippen LogP contribution >= 0.6 is 7.60 Å². The molecule has 0 radical (unpaired) electrons. The van der Waals surface area contributed by atoms with Crippen molar-refractivity contribution in [1.29, 1.82) is 0 Å². The summed E-state index contributed by atoms with van der Waals surface area (Å²) in [5.74, 6) is 0.816. The van der Waals surface area contributed by atoms with Gasteiger partial charge in [-0.2, -0.15) is 0 Å². The molecule has 0 saturated heterocycles. The maximum atomic E-state index is 13.1. The van der Waals surface area contributed by atoms with Crippen molar-refractivity contribution in [2.45, 2.75) is 54.4 Å². The Morgan fingerprint density at radius 3 is 2.24 bits per heavy atom. The van der Waals surface area contributed by atoms with Crippen LogP contribution in [-0.4, -0.2) is 25.8 Å². The second kappa shape index (κ2) is 10.3. The maximum absolute atomic E-state index is 13.1. The van der Waals surface area contributed by atoms with Crippen molar-refractivity contribution in [1.82, 2.24) is 0 Å². The first-order valence-corrected chi connectivity index (χ1v) is 10.8. The summed E-state index contributed by atoms with van der Waals surface area (Å²) in [7, 11) is -3.69. The monoisotopic (exact) mass is 372 g/mol. The average Bonchev–Trinajstić information content (AvgIpc) is 2.89. The third-order valence-electron chi connectivity index (χ3n) is 4.52. The van der Waals surface area contributed by atoms with Gasteiger partial charge in [0.15, 0.2) is 0 Å². The van der Waals surface area contributed by atoms with Gasteiger partial charge in [0.2, 0.25) is 0 Å². The highest BCUT2D eigenvalue weighted by molar-refractivity contribution is 7.59. The van der Waals surface area contributed by atoms with E-state index >= 15 is 0 Å². The zero-order chi connectivity index (χ0) is 19.0. The van der Waals surface area contributed by atoms with E-state index in [4.69, 9.17) is 13.8 Å². The van der Waals surface area contributed by atoms with Gasteiger partial charge in [-0.1, -0.05) is 32.4 Å². The molecule has 0 N–H and O–H groups in total. The molecule has 1 rings (SSSR count). The Balaban J connectivity index is 3.31. The van der Waals surface area contributed by atoms with Crippen molar-refractivity contribution in [2.75, 3.05) is 19.8 Å². The second-order valence-corrected chi connectivity index (χ2v) is 8.59. The number of ether oxygens (including phenoxy) is 1. The van der Waals surface area contributed by atoms with Crippen LogP contribution in [0.1, 0.15) is 54.4 Å². The van der Waals surface area contributed by atoms with Crippen molar-refractivity contribution in [3.05, 3.63) is 23.0 Å². The zero-order valence-electron chi connectivity index (χ0n) is 16.4. The lowest BCUT2D eigenvalue weighted by Gasteiger charge is -2.20. The molecule has 0 spiro atoms. The lowest BCUT2D eigenvalue weighted by Crippen LogP contribution is -2.12. The highest BCUT2D eigenvalue weighted by Gasteiger charge is 2.36. The molecule has 0 aromatic heterocycles. The molecule has 0 aliphatic heterocycles. The lowest BCUT2D eigenvalue weighted by molar-refractivity contribution is -0.137. The molecule has 1 saturated carbocycles. The Hall–Kier alpha value is -0.900. The third-order valence-corrected chi connectivity index (χ3v) is 6.64. The van der Waals surface area contributed by atoms with Gasteiger partial charge in [-0.05, 0) is 57.4 Å². The van der Waals surface area contributed by atoms with Crippen molar-refractivity contribution in [3.63, 3.8) is 0 Å². The van der Waals surface area contributed by atoms with Crippen LogP contribution in [0.3, 0.4) is 0 Å². The van der Waals surface area contributed by atoms with Crippen molar-refractivity contribution >= 4 is 13.6 Å². The topological polar surface area (TPSA) is 61.8 Å². The molecule has 1 aliphatic carbocycles. The zero-order valence-corrected chi connectivity index (χ0v) is 17.3. The van der Waals surface area contributed by atoms with Crippen LogP contribution in [0.2, 0.25) is 0 Å². The highest BCUT2D eigenvalue weighted by atomic mass is 31.2. The van der Waals surface area contributed by atoms with Gasteiger partial charge in [-0.15, -0.1) is 0 Å². The molecule has 0 heterocycles. The Morgan fingerprint density at radius 2 is 1.76 bits per heavy atom. The summed E-state index contributed by atoms with van der Waals surface area (Å²) in [5, 5.41) is -0.0212. The van der Waals surface area contributed by atoms with Gasteiger partial charge >= 0.3 is 13.6 Å². The summed E-state index contributed by atoms with van der Waals surface area (Å²) < 4.78 is 28.9. The first-order valence-electron chi connectivity index (χ1n) is 9.29. The van der Waals surface area contributed by atoms with Crippen molar-refractivity contribution in [3.8, 4) is 0 Å². The average molecular weight is 372 g/mol. The number of carbonyl (C=O) groups is 1. The molecule has 0 bridgehead atoms. The summed E-state index contributed by atoms with van der Waals surface area (Å²) in [4.78, 5) is 12.4. The van der Waals surface area contributed by atoms with E-state index < -0.39 is 13.6 Å². The predicted octanol–water partition coefficient (Wildman–Crippen LogP) is 5.33. The van der Waals surface area contributed by atoms with Crippen LogP contribution in [0.5, 0.6) is 0 Å². The lowest BCUT2D eigenvalue weighted by atomic mass is 9.88. The molecular weight excluding hydrogens is 339 g/mol. The largest absolute Gasteiger partial charge is 0.462 e. The van der Waals surface area contributed by atoms with Gasteiger partial charge in [-0.3, -0.25) is 4.57 Å². The van der Waals surface area contributed by atoms with Crippen LogP contribution < -0.4 is 0 Å². The first kappa shape index (κ1) is 22.1. The van der Waals surface area contributed by atoms with E-state index in [2.05, 4.69) is 20.8 Å². The van der Waals surface area contributed by atoms with Gasteiger partial charge in [0.05, 0.1) is 19.8 Å². The van der Waals surface area contributed by atoms with Gasteiger partial charge in [0.25, 0.3) is 0 Å². The number of rotatable bonds is 9. The quantitative estimate of drug-likeness (QED) is 0.311. The normalized spacial score (nSPS) is 23.5. The van der Waals surface area contributed by atoms with Crippen molar-refractivity contribution in [2.24, 2.45) is 17.8 Å². The Kier molecular flexibility index (Phi) is 9.12. The van der Waals surface area contributed by atoms with Crippen LogP contribution in [0, 0.1) is 17.8 Å². The SMILES string of the molecule is CCOC(=O)/C(=C/C=C1\[C@H](C)CC[C@H]1C(C)C)P(=O)(OCC)OCC. The van der Waals surface area contributed by atoms with Gasteiger partial charge in [-0.25, -0.2) is 4.79 Å². The van der Waals surface area contributed by atoms with Crippen LogP contribution in [0.15, 0.2) is 23.0 Å². The van der Waals surface area contributed by atoms with E-state index in [-0.39, 0.29) is 25.1 Å². The van der Waals surface area contributed by atoms with E-state index in [1.54, 1.807) is 26.8 Å². The molecule has 0 aromatic rings. The molecule has 144 valence electrons. The number of esters is 1. The first-order chi connectivity index (χ1) is 11.8. The van der Waals surface area contributed by atoms with E-state index in [9.17, 15) is 9.36 Å². The number of allylic oxidation sites excluding steroid dienone is 3. The second-order valence-electron chi connectivity index (χ2n) is 6.60. The number of carbonyl (C=O) groups excluding carboxylic acids is 1. The summed E-state index contributed by atoms with van der Waals surface area (Å²) in [6.45, 7) is 12.4. The summed E-state index contributed by atoms with van der Waals surface area (Å²) in [6, 6.07) is 0. The summed E-state index contributed by atoms with van der Waals surface area (Å²) in [6.07, 6.45) is 5.80. The summed E-state index contributed by atoms with van der Waals surface area (Å²) >= 11 is 0. The fourth-order valence-electron chi connectivity index (χ4n) is 3.30. The molecule has 0 unspecified atom stereocenters. The molecule has 0 aromatic carbocycles. The standard InChI is InChI=1S/C19H33O5P/c1-7-22-19(20)18(25(21,23-8-2)24-9-3)13-12-17-15(6)10-11-16(17)14(4)5/h12-16H,7-11H2,1-6H3/b17-12+,18-13-/t15-,16+/m1/s1. The fraction of sp³-hybridized carbons (Fsp3) is 0.737. The van der Waals surface area contributed by atoms with E-state index in [0.717, 1.165) is 12.8 Å². The summed E-state index contributed by atoms with van der Waals surface area (Å²) in [5.41, 5.74) is 1.29. The van der Waals surface area contributed by atoms with Crippen molar-refractivity contribution < 1.29 is 23.1 Å². The molecule has 1 fully saturated rings. The molecule has 1 aliphatic rings. The van der Waals surface area contributed by atoms with Crippen LogP contribution in [0.4, 0.5) is 0 Å². The minimum absolute atomic E-state index is 0.0212. The smallest absolute Gasteiger partial charge is 0.368 e. The van der Waals surface area contributed by atoms with Crippen LogP contribution in [0.25, 0.3) is 0 Å². The minimum atomic E-state index is -3.69. The van der Waals surface area contributed by atoms with Gasteiger partial charge in [0.1, 0.15) is 5.31 Å². The van der Waals surface area contributed by atoms with E-state index in [1.165, 1.54) is 5.57 Å². The van der Waals surface area contributed by atoms with Crippen LogP contribution in [-0.2, 0) is 23.1 Å². The van der Waals surface area contributed by atoms with Gasteiger partial charge in [0, 0.05) is 0 Å². The molecule has 5 nitrogen and oxygen atoms in total. The predicted molar refractivity (Wildman–Crippen MR) is 100 cm³/mol. The van der Waals surface area contributed by atoms with E-state index in [1.807, 2.05) is 6.08 Å². The molecule has 6 heteroatoms. The number of hydrogen-bond donors (Lipinski definition) is 0. The molecule has 25 heavy (non-hydrogen) atoms. The molecule has 0 amide bonds. The molecule has 2 atom stereocenters. The minimum Gasteiger partial charge on any atom is -0.462 e. The maximum Gasteiger partial charge on any atom is 0.368 e. The molecular formula is C19H33O5P. The Labute approximate surface area is 152 Å². The Bertz CT molecular complexity index is 540.